The highest BCUT2D eigenvalue weighted by Gasteiger charge is 2.16. The Morgan fingerprint density at radius 1 is 1.43 bits per heavy atom. The summed E-state index contributed by atoms with van der Waals surface area (Å²) < 4.78 is 6.54. The van der Waals surface area contributed by atoms with Crippen LogP contribution in [0.3, 0.4) is 0 Å². The van der Waals surface area contributed by atoms with E-state index in [0.717, 1.165) is 25.0 Å². The zero-order valence-electron chi connectivity index (χ0n) is 13.1. The van der Waals surface area contributed by atoms with Crippen molar-refractivity contribution in [3.63, 3.8) is 0 Å². The molecule has 2 heterocycles. The summed E-state index contributed by atoms with van der Waals surface area (Å²) in [4.78, 5) is 16.2. The van der Waals surface area contributed by atoms with Gasteiger partial charge in [0.15, 0.2) is 11.6 Å². The predicted octanol–water partition coefficient (Wildman–Crippen LogP) is 1.56. The summed E-state index contributed by atoms with van der Waals surface area (Å²) in [5, 5.41) is 17.5. The number of aromatic nitrogens is 5. The van der Waals surface area contributed by atoms with Gasteiger partial charge in [0, 0.05) is 13.0 Å². The van der Waals surface area contributed by atoms with Crippen LogP contribution in [0.1, 0.15) is 36.7 Å². The third-order valence-electron chi connectivity index (χ3n) is 3.68. The Morgan fingerprint density at radius 2 is 2.30 bits per heavy atom. The van der Waals surface area contributed by atoms with Crippen LogP contribution in [0.15, 0.2) is 16.7 Å². The summed E-state index contributed by atoms with van der Waals surface area (Å²) in [6.07, 6.45) is 7.02. The van der Waals surface area contributed by atoms with Gasteiger partial charge in [0.25, 0.3) is 0 Å². The summed E-state index contributed by atoms with van der Waals surface area (Å²) >= 11 is 0. The molecule has 2 amide bonds. The average molecular weight is 317 g/mol. The highest BCUT2D eigenvalue weighted by atomic mass is 16.5. The number of anilines is 1. The van der Waals surface area contributed by atoms with E-state index in [0.29, 0.717) is 24.1 Å². The van der Waals surface area contributed by atoms with Crippen LogP contribution in [0.2, 0.25) is 0 Å². The third-order valence-corrected chi connectivity index (χ3v) is 3.68. The fraction of sp³-hybridized carbons (Fsp3) is 0.500. The van der Waals surface area contributed by atoms with Gasteiger partial charge >= 0.3 is 6.03 Å². The van der Waals surface area contributed by atoms with Crippen LogP contribution in [-0.4, -0.2) is 37.2 Å². The third kappa shape index (κ3) is 3.74. The van der Waals surface area contributed by atoms with E-state index in [1.807, 2.05) is 6.92 Å². The van der Waals surface area contributed by atoms with E-state index in [1.165, 1.54) is 0 Å². The minimum Gasteiger partial charge on any atom is -0.340 e. The van der Waals surface area contributed by atoms with E-state index in [4.69, 9.17) is 4.52 Å². The minimum atomic E-state index is -0.268. The Kier molecular flexibility index (Phi) is 4.35. The molecular weight excluding hydrogens is 298 g/mol. The molecule has 1 aliphatic carbocycles. The van der Waals surface area contributed by atoms with Crippen LogP contribution in [0.5, 0.6) is 0 Å². The van der Waals surface area contributed by atoms with Crippen molar-refractivity contribution >= 4 is 11.8 Å². The van der Waals surface area contributed by atoms with Crippen LogP contribution >= 0.6 is 0 Å². The highest BCUT2D eigenvalue weighted by molar-refractivity contribution is 5.88. The summed E-state index contributed by atoms with van der Waals surface area (Å²) in [5.74, 6) is 1.44. The number of hydrogen-bond acceptors (Lipinski definition) is 6. The molecule has 3 rings (SSSR count). The van der Waals surface area contributed by atoms with Gasteiger partial charge in [-0.1, -0.05) is 22.5 Å². The monoisotopic (exact) mass is 317 g/mol. The van der Waals surface area contributed by atoms with Crippen molar-refractivity contribution in [2.24, 2.45) is 0 Å². The second kappa shape index (κ2) is 6.59. The number of amides is 2. The Bertz CT molecular complexity index is 719. The summed E-state index contributed by atoms with van der Waals surface area (Å²) in [6, 6.07) is -0.103. The Morgan fingerprint density at radius 3 is 3.00 bits per heavy atom. The van der Waals surface area contributed by atoms with Gasteiger partial charge in [-0.25, -0.2) is 9.48 Å². The molecule has 122 valence electrons. The van der Waals surface area contributed by atoms with E-state index in [2.05, 4.69) is 43.2 Å². The summed E-state index contributed by atoms with van der Waals surface area (Å²) in [5.41, 5.74) is 0.728. The second-order valence-corrected chi connectivity index (χ2v) is 5.49. The Balaban J connectivity index is 1.60. The number of urea groups is 1. The highest BCUT2D eigenvalue weighted by Crippen LogP contribution is 2.13. The minimum absolute atomic E-state index is 0.164. The SMILES string of the molecule is Cc1nc(Cn2nnc(NC(=O)NC3CC=CCC3)c2C)no1. The first-order chi connectivity index (χ1) is 11.1. The number of rotatable bonds is 4. The van der Waals surface area contributed by atoms with Gasteiger partial charge in [0.05, 0.1) is 5.69 Å². The van der Waals surface area contributed by atoms with Crippen molar-refractivity contribution in [3.8, 4) is 0 Å². The van der Waals surface area contributed by atoms with Gasteiger partial charge in [-0.05, 0) is 26.2 Å². The fourth-order valence-electron chi connectivity index (χ4n) is 2.42. The van der Waals surface area contributed by atoms with Crippen LogP contribution in [-0.2, 0) is 6.54 Å². The Hall–Kier alpha value is -2.71. The molecular formula is C14H19N7O2. The van der Waals surface area contributed by atoms with Crippen molar-refractivity contribution in [3.05, 3.63) is 29.6 Å². The smallest absolute Gasteiger partial charge is 0.320 e. The lowest BCUT2D eigenvalue weighted by molar-refractivity contribution is 0.247. The molecule has 23 heavy (non-hydrogen) atoms. The molecule has 2 aromatic heterocycles. The maximum Gasteiger partial charge on any atom is 0.320 e. The number of carbonyl (C=O) groups is 1. The van der Waals surface area contributed by atoms with Crippen molar-refractivity contribution in [2.75, 3.05) is 5.32 Å². The zero-order valence-corrected chi connectivity index (χ0v) is 13.1. The van der Waals surface area contributed by atoms with Gasteiger partial charge in [0.1, 0.15) is 6.54 Å². The van der Waals surface area contributed by atoms with Crippen LogP contribution in [0.25, 0.3) is 0 Å². The largest absolute Gasteiger partial charge is 0.340 e. The van der Waals surface area contributed by atoms with Gasteiger partial charge < -0.3 is 9.84 Å². The molecule has 1 unspecified atom stereocenters. The molecule has 9 nitrogen and oxygen atoms in total. The molecule has 1 aliphatic rings. The molecule has 2 N–H and O–H groups in total. The molecule has 2 aromatic rings. The van der Waals surface area contributed by atoms with Crippen LogP contribution in [0.4, 0.5) is 10.6 Å². The number of nitrogens with one attached hydrogen (secondary N) is 2. The first-order valence-corrected chi connectivity index (χ1v) is 7.53. The predicted molar refractivity (Wildman–Crippen MR) is 81.8 cm³/mol. The number of aryl methyl sites for hydroxylation is 1. The summed E-state index contributed by atoms with van der Waals surface area (Å²) in [6.45, 7) is 3.89. The molecule has 1 atom stereocenters. The van der Waals surface area contributed by atoms with Gasteiger partial charge in [-0.2, -0.15) is 4.98 Å². The van der Waals surface area contributed by atoms with Crippen molar-refractivity contribution in [2.45, 2.75) is 45.7 Å². The summed E-state index contributed by atoms with van der Waals surface area (Å²) in [7, 11) is 0. The van der Waals surface area contributed by atoms with Gasteiger partial charge in [-0.15, -0.1) is 5.10 Å². The van der Waals surface area contributed by atoms with Gasteiger partial charge in [-0.3, -0.25) is 5.32 Å². The molecule has 0 radical (unpaired) electrons. The molecule has 0 bridgehead atoms. The first kappa shape index (κ1) is 15.2. The molecule has 0 saturated heterocycles. The van der Waals surface area contributed by atoms with Crippen LogP contribution < -0.4 is 10.6 Å². The van der Waals surface area contributed by atoms with E-state index < -0.39 is 0 Å². The lowest BCUT2D eigenvalue weighted by Crippen LogP contribution is -2.38. The van der Waals surface area contributed by atoms with E-state index in [9.17, 15) is 4.79 Å². The van der Waals surface area contributed by atoms with E-state index >= 15 is 0 Å². The van der Waals surface area contributed by atoms with Crippen LogP contribution in [0, 0.1) is 13.8 Å². The zero-order chi connectivity index (χ0) is 16.2. The fourth-order valence-corrected chi connectivity index (χ4v) is 2.42. The van der Waals surface area contributed by atoms with E-state index in [-0.39, 0.29) is 12.1 Å². The number of hydrogen-bond donors (Lipinski definition) is 2. The molecule has 0 aliphatic heterocycles. The number of allylic oxidation sites excluding steroid dienone is 1. The second-order valence-electron chi connectivity index (χ2n) is 5.49. The number of nitrogens with zero attached hydrogens (tertiary/aromatic N) is 5. The maximum absolute atomic E-state index is 12.0. The van der Waals surface area contributed by atoms with Gasteiger partial charge in [0.2, 0.25) is 5.89 Å². The normalized spacial score (nSPS) is 17.2. The molecule has 0 aromatic carbocycles. The lowest BCUT2D eigenvalue weighted by Gasteiger charge is -2.19. The first-order valence-electron chi connectivity index (χ1n) is 7.53. The van der Waals surface area contributed by atoms with E-state index in [1.54, 1.807) is 11.6 Å². The van der Waals surface area contributed by atoms with Crippen molar-refractivity contribution in [1.29, 1.82) is 0 Å². The Labute approximate surface area is 133 Å². The average Bonchev–Trinajstić information content (AvgIpc) is 3.09. The topological polar surface area (TPSA) is 111 Å². The number of carbonyl (C=O) groups excluding carboxylic acids is 1. The van der Waals surface area contributed by atoms with Crippen molar-refractivity contribution in [1.82, 2.24) is 30.5 Å². The molecule has 0 fully saturated rings. The molecule has 0 saturated carbocycles. The van der Waals surface area contributed by atoms with Crippen molar-refractivity contribution < 1.29 is 9.32 Å². The maximum atomic E-state index is 12.0. The standard InChI is InChI=1S/C14H19N7O2/c1-9-13(17-14(22)16-11-6-4-3-5-7-11)18-20-21(9)8-12-15-10(2)23-19-12/h3-4,11H,5-8H2,1-2H3,(H2,16,17,22). The lowest BCUT2D eigenvalue weighted by atomic mass is 10.0. The quantitative estimate of drug-likeness (QED) is 0.828. The molecule has 0 spiro atoms. The molecule has 9 heteroatoms.